The first kappa shape index (κ1) is 22.8. The summed E-state index contributed by atoms with van der Waals surface area (Å²) in [5.41, 5.74) is 3.10. The molecule has 3 rings (SSSR count). The molecule has 31 heavy (non-hydrogen) atoms. The number of benzene rings is 2. The van der Waals surface area contributed by atoms with Gasteiger partial charge in [0.15, 0.2) is 0 Å². The second-order valence-corrected chi connectivity index (χ2v) is 7.73. The molecule has 6 nitrogen and oxygen atoms in total. The molecule has 0 aliphatic carbocycles. The number of carbonyl (C=O) groups excluding carboxylic acids is 2. The summed E-state index contributed by atoms with van der Waals surface area (Å²) in [6.07, 6.45) is 3.71. The van der Waals surface area contributed by atoms with Gasteiger partial charge in [-0.1, -0.05) is 44.0 Å². The number of unbranched alkanes of at least 4 members (excludes halogenated alkanes) is 2. The Hall–Kier alpha value is -2.86. The number of anilines is 1. The van der Waals surface area contributed by atoms with Crippen molar-refractivity contribution < 1.29 is 14.3 Å². The number of ether oxygens (including phenoxy) is 1. The van der Waals surface area contributed by atoms with Crippen LogP contribution in [0, 0.1) is 0 Å². The van der Waals surface area contributed by atoms with E-state index in [1.165, 1.54) is 0 Å². The van der Waals surface area contributed by atoms with Gasteiger partial charge in [-0.3, -0.25) is 9.59 Å². The minimum atomic E-state index is -0.270. The summed E-state index contributed by atoms with van der Waals surface area (Å²) in [7, 11) is 0. The summed E-state index contributed by atoms with van der Waals surface area (Å²) in [5, 5.41) is 6.46. The quantitative estimate of drug-likeness (QED) is 0.490. The third-order valence-electron chi connectivity index (χ3n) is 5.44. The average Bonchev–Trinajstić information content (AvgIpc) is 3.05. The number of rotatable bonds is 12. The van der Waals surface area contributed by atoms with Crippen LogP contribution in [-0.2, 0) is 4.74 Å². The van der Waals surface area contributed by atoms with Crippen LogP contribution in [0.1, 0.15) is 72.0 Å². The van der Waals surface area contributed by atoms with E-state index in [1.54, 1.807) is 0 Å². The standard InChI is InChI=1S/C25H33N3O3/c1-3-5-8-15-26-24(29)19-11-9-12-20(18-19)27-23-21-13-6-7-14-22(21)25(30)28(23)16-10-17-31-4-2/h6-7,9,11-14,18,23,27H,3-5,8,10,15-17H2,1-2H3,(H,26,29)/t23-/m1/s1. The number of carbonyl (C=O) groups is 2. The van der Waals surface area contributed by atoms with Crippen molar-refractivity contribution in [1.29, 1.82) is 0 Å². The number of amides is 2. The lowest BCUT2D eigenvalue weighted by molar-refractivity contribution is 0.0708. The van der Waals surface area contributed by atoms with Crippen LogP contribution in [0.25, 0.3) is 0 Å². The molecule has 1 heterocycles. The van der Waals surface area contributed by atoms with Gasteiger partial charge >= 0.3 is 0 Å². The first-order valence-corrected chi connectivity index (χ1v) is 11.3. The predicted molar refractivity (Wildman–Crippen MR) is 123 cm³/mol. The predicted octanol–water partition coefficient (Wildman–Crippen LogP) is 4.60. The van der Waals surface area contributed by atoms with Gasteiger partial charge in [0.05, 0.1) is 0 Å². The molecule has 0 radical (unpaired) electrons. The molecule has 2 aromatic rings. The second-order valence-electron chi connectivity index (χ2n) is 7.73. The zero-order valence-corrected chi connectivity index (χ0v) is 18.5. The van der Waals surface area contributed by atoms with E-state index in [9.17, 15) is 9.59 Å². The second kappa shape index (κ2) is 11.5. The van der Waals surface area contributed by atoms with Crippen molar-refractivity contribution in [2.24, 2.45) is 0 Å². The lowest BCUT2D eigenvalue weighted by atomic mass is 10.1. The van der Waals surface area contributed by atoms with Crippen LogP contribution in [0.15, 0.2) is 48.5 Å². The van der Waals surface area contributed by atoms with Gasteiger partial charge in [-0.05, 0) is 44.0 Å². The molecular weight excluding hydrogens is 390 g/mol. The summed E-state index contributed by atoms with van der Waals surface area (Å²) in [6, 6.07) is 15.1. The van der Waals surface area contributed by atoms with E-state index < -0.39 is 0 Å². The normalized spacial score (nSPS) is 15.1. The van der Waals surface area contributed by atoms with Gasteiger partial charge in [0.2, 0.25) is 0 Å². The molecule has 2 N–H and O–H groups in total. The van der Waals surface area contributed by atoms with E-state index in [2.05, 4.69) is 17.6 Å². The molecule has 2 amide bonds. The zero-order chi connectivity index (χ0) is 22.1. The van der Waals surface area contributed by atoms with Gasteiger partial charge in [-0.15, -0.1) is 0 Å². The van der Waals surface area contributed by atoms with Crippen molar-refractivity contribution in [3.05, 3.63) is 65.2 Å². The molecule has 6 heteroatoms. The summed E-state index contributed by atoms with van der Waals surface area (Å²) >= 11 is 0. The number of hydrogen-bond donors (Lipinski definition) is 2. The Labute approximate surface area is 185 Å². The topological polar surface area (TPSA) is 70.7 Å². The first-order valence-electron chi connectivity index (χ1n) is 11.3. The number of fused-ring (bicyclic) bond motifs is 1. The largest absolute Gasteiger partial charge is 0.382 e. The third-order valence-corrected chi connectivity index (χ3v) is 5.44. The van der Waals surface area contributed by atoms with Gasteiger partial charge in [-0.25, -0.2) is 0 Å². The average molecular weight is 424 g/mol. The van der Waals surface area contributed by atoms with Crippen molar-refractivity contribution in [2.75, 3.05) is 31.6 Å². The molecule has 0 saturated heterocycles. The van der Waals surface area contributed by atoms with E-state index >= 15 is 0 Å². The molecule has 0 saturated carbocycles. The summed E-state index contributed by atoms with van der Waals surface area (Å²) in [5.74, 6) is -0.0503. The Balaban J connectivity index is 1.72. The maximum atomic E-state index is 13.0. The minimum Gasteiger partial charge on any atom is -0.382 e. The van der Waals surface area contributed by atoms with E-state index in [0.717, 1.165) is 42.5 Å². The minimum absolute atomic E-state index is 0.0226. The van der Waals surface area contributed by atoms with Gasteiger partial charge in [0.25, 0.3) is 11.8 Å². The van der Waals surface area contributed by atoms with Gasteiger partial charge in [0.1, 0.15) is 6.17 Å². The lowest BCUT2D eigenvalue weighted by Crippen LogP contribution is -2.33. The van der Waals surface area contributed by atoms with Crippen LogP contribution in [0.2, 0.25) is 0 Å². The highest BCUT2D eigenvalue weighted by Crippen LogP contribution is 2.34. The fourth-order valence-electron chi connectivity index (χ4n) is 3.82. The fourth-order valence-corrected chi connectivity index (χ4v) is 3.82. The van der Waals surface area contributed by atoms with Gasteiger partial charge in [0, 0.05) is 48.7 Å². The lowest BCUT2D eigenvalue weighted by Gasteiger charge is -2.27. The summed E-state index contributed by atoms with van der Waals surface area (Å²) < 4.78 is 5.45. The maximum Gasteiger partial charge on any atom is 0.256 e. The van der Waals surface area contributed by atoms with Crippen LogP contribution < -0.4 is 10.6 Å². The zero-order valence-electron chi connectivity index (χ0n) is 18.5. The molecule has 166 valence electrons. The SMILES string of the molecule is CCCCCNC(=O)c1cccc(N[C@H]2c3ccccc3C(=O)N2CCCOCC)c1. The third kappa shape index (κ3) is 5.85. The maximum absolute atomic E-state index is 13.0. The summed E-state index contributed by atoms with van der Waals surface area (Å²) in [4.78, 5) is 27.3. The van der Waals surface area contributed by atoms with Crippen molar-refractivity contribution in [2.45, 2.75) is 45.7 Å². The van der Waals surface area contributed by atoms with Crippen LogP contribution in [0.5, 0.6) is 0 Å². The Morgan fingerprint density at radius 1 is 1.06 bits per heavy atom. The highest BCUT2D eigenvalue weighted by molar-refractivity contribution is 5.99. The van der Waals surface area contributed by atoms with E-state index in [0.29, 0.717) is 31.9 Å². The fraction of sp³-hybridized carbons (Fsp3) is 0.440. The number of nitrogens with zero attached hydrogens (tertiary/aromatic N) is 1. The molecule has 2 aromatic carbocycles. The van der Waals surface area contributed by atoms with E-state index in [4.69, 9.17) is 4.74 Å². The number of hydrogen-bond acceptors (Lipinski definition) is 4. The van der Waals surface area contributed by atoms with Gasteiger partial charge in [-0.2, -0.15) is 0 Å². The van der Waals surface area contributed by atoms with E-state index in [1.807, 2.05) is 60.4 Å². The van der Waals surface area contributed by atoms with Crippen LogP contribution in [0.4, 0.5) is 5.69 Å². The molecule has 1 atom stereocenters. The van der Waals surface area contributed by atoms with Crippen molar-refractivity contribution in [3.63, 3.8) is 0 Å². The molecular formula is C25H33N3O3. The van der Waals surface area contributed by atoms with E-state index in [-0.39, 0.29) is 18.0 Å². The van der Waals surface area contributed by atoms with Crippen LogP contribution in [0.3, 0.4) is 0 Å². The van der Waals surface area contributed by atoms with Crippen molar-refractivity contribution in [3.8, 4) is 0 Å². The highest BCUT2D eigenvalue weighted by Gasteiger charge is 2.36. The van der Waals surface area contributed by atoms with Crippen molar-refractivity contribution >= 4 is 17.5 Å². The number of nitrogens with one attached hydrogen (secondary N) is 2. The van der Waals surface area contributed by atoms with Crippen molar-refractivity contribution in [1.82, 2.24) is 10.2 Å². The molecule has 0 bridgehead atoms. The molecule has 0 spiro atoms. The Morgan fingerprint density at radius 3 is 2.71 bits per heavy atom. The van der Waals surface area contributed by atoms with Gasteiger partial charge < -0.3 is 20.3 Å². The molecule has 0 fully saturated rings. The Morgan fingerprint density at radius 2 is 1.90 bits per heavy atom. The Kier molecular flexibility index (Phi) is 8.47. The molecule has 0 unspecified atom stereocenters. The molecule has 1 aliphatic rings. The molecule has 0 aromatic heterocycles. The smallest absolute Gasteiger partial charge is 0.256 e. The van der Waals surface area contributed by atoms with Crippen LogP contribution >= 0.6 is 0 Å². The van der Waals surface area contributed by atoms with Crippen LogP contribution in [-0.4, -0.2) is 43.0 Å². The Bertz CT molecular complexity index is 884. The summed E-state index contributed by atoms with van der Waals surface area (Å²) in [6.45, 7) is 6.68. The first-order chi connectivity index (χ1) is 15.2. The monoisotopic (exact) mass is 423 g/mol. The highest BCUT2D eigenvalue weighted by atomic mass is 16.5. The molecule has 1 aliphatic heterocycles.